The van der Waals surface area contributed by atoms with Gasteiger partial charge >= 0.3 is 6.09 Å². The second-order valence-corrected chi connectivity index (χ2v) is 5.20. The lowest BCUT2D eigenvalue weighted by molar-refractivity contribution is -0.109. The van der Waals surface area contributed by atoms with Crippen LogP contribution in [0.3, 0.4) is 0 Å². The van der Waals surface area contributed by atoms with Gasteiger partial charge in [0.05, 0.1) is 30.0 Å². The van der Waals surface area contributed by atoms with Crippen LogP contribution in [0.1, 0.15) is 5.56 Å². The zero-order valence-electron chi connectivity index (χ0n) is 12.5. The monoisotopic (exact) mass is 328 g/mol. The van der Waals surface area contributed by atoms with Crippen LogP contribution in [0.5, 0.6) is 0 Å². The van der Waals surface area contributed by atoms with Crippen LogP contribution in [-0.2, 0) is 9.53 Å². The van der Waals surface area contributed by atoms with E-state index in [1.54, 1.807) is 18.3 Å². The molecule has 1 aliphatic rings. The Morgan fingerprint density at radius 3 is 2.96 bits per heavy atom. The number of benzene rings is 1. The number of cyclic esters (lactones) is 1. The number of carbonyl (C=O) groups excluding carboxylic acids is 2. The first kappa shape index (κ1) is 15.6. The molecule has 8 heteroatoms. The first-order chi connectivity index (χ1) is 11.6. The number of amides is 2. The van der Waals surface area contributed by atoms with Gasteiger partial charge in [-0.2, -0.15) is 5.26 Å². The van der Waals surface area contributed by atoms with Crippen molar-refractivity contribution < 1.29 is 18.7 Å². The van der Waals surface area contributed by atoms with Gasteiger partial charge in [-0.05, 0) is 24.3 Å². The molecule has 122 valence electrons. The SMILES string of the molecule is N#Cc1ccn(-c2ccc(N3CC(CNC=O)OC3=O)cc2F)c1. The van der Waals surface area contributed by atoms with E-state index in [9.17, 15) is 14.0 Å². The van der Waals surface area contributed by atoms with E-state index in [1.165, 1.54) is 27.8 Å². The molecule has 1 aromatic heterocycles. The summed E-state index contributed by atoms with van der Waals surface area (Å²) in [5.41, 5.74) is 1.06. The van der Waals surface area contributed by atoms with Crippen LogP contribution in [0.15, 0.2) is 36.7 Å². The highest BCUT2D eigenvalue weighted by Crippen LogP contribution is 2.25. The van der Waals surface area contributed by atoms with E-state index in [4.69, 9.17) is 10.00 Å². The van der Waals surface area contributed by atoms with Gasteiger partial charge in [-0.3, -0.25) is 9.69 Å². The molecular formula is C16H13FN4O3. The summed E-state index contributed by atoms with van der Waals surface area (Å²) in [6, 6.07) is 7.91. The van der Waals surface area contributed by atoms with E-state index in [0.29, 0.717) is 17.7 Å². The van der Waals surface area contributed by atoms with Gasteiger partial charge in [0, 0.05) is 12.4 Å². The maximum Gasteiger partial charge on any atom is 0.414 e. The Morgan fingerprint density at radius 2 is 2.29 bits per heavy atom. The third-order valence-corrected chi connectivity index (χ3v) is 3.65. The van der Waals surface area contributed by atoms with Crippen LogP contribution in [0.25, 0.3) is 5.69 Å². The third kappa shape index (κ3) is 2.92. The second kappa shape index (κ2) is 6.42. The summed E-state index contributed by atoms with van der Waals surface area (Å²) in [5, 5.41) is 11.3. The fraction of sp³-hybridized carbons (Fsp3) is 0.188. The maximum absolute atomic E-state index is 14.4. The Morgan fingerprint density at radius 1 is 1.46 bits per heavy atom. The fourth-order valence-electron chi connectivity index (χ4n) is 2.50. The van der Waals surface area contributed by atoms with E-state index >= 15 is 0 Å². The molecule has 1 unspecified atom stereocenters. The van der Waals surface area contributed by atoms with Gasteiger partial charge in [0.2, 0.25) is 6.41 Å². The molecule has 2 amide bonds. The van der Waals surface area contributed by atoms with Crippen LogP contribution in [0, 0.1) is 17.1 Å². The quantitative estimate of drug-likeness (QED) is 0.844. The number of nitrogens with one attached hydrogen (secondary N) is 1. The van der Waals surface area contributed by atoms with E-state index in [0.717, 1.165) is 0 Å². The van der Waals surface area contributed by atoms with Crippen molar-refractivity contribution in [2.75, 3.05) is 18.0 Å². The van der Waals surface area contributed by atoms with Crippen LogP contribution in [0.4, 0.5) is 14.9 Å². The minimum atomic E-state index is -0.590. The molecule has 7 nitrogen and oxygen atoms in total. The van der Waals surface area contributed by atoms with Crippen molar-refractivity contribution in [2.45, 2.75) is 6.10 Å². The molecule has 0 bridgehead atoms. The van der Waals surface area contributed by atoms with Gasteiger partial charge in [-0.25, -0.2) is 9.18 Å². The van der Waals surface area contributed by atoms with Gasteiger partial charge in [0.1, 0.15) is 18.0 Å². The highest BCUT2D eigenvalue weighted by atomic mass is 19.1. The van der Waals surface area contributed by atoms with Crippen LogP contribution in [0.2, 0.25) is 0 Å². The van der Waals surface area contributed by atoms with Crippen molar-refractivity contribution in [3.8, 4) is 11.8 Å². The number of carbonyl (C=O) groups is 2. The van der Waals surface area contributed by atoms with Crippen molar-refractivity contribution in [1.82, 2.24) is 9.88 Å². The van der Waals surface area contributed by atoms with Crippen molar-refractivity contribution in [2.24, 2.45) is 0 Å². The Kier molecular flexibility index (Phi) is 4.16. The Bertz CT molecular complexity index is 827. The van der Waals surface area contributed by atoms with E-state index in [1.807, 2.05) is 6.07 Å². The summed E-state index contributed by atoms with van der Waals surface area (Å²) in [5.74, 6) is -0.533. The Labute approximate surface area is 136 Å². The maximum atomic E-state index is 14.4. The predicted octanol–water partition coefficient (Wildman–Crippen LogP) is 1.56. The number of rotatable bonds is 5. The molecule has 1 fully saturated rings. The Hall–Kier alpha value is -3.34. The molecule has 24 heavy (non-hydrogen) atoms. The number of hydrogen-bond donors (Lipinski definition) is 1. The van der Waals surface area contributed by atoms with Crippen molar-refractivity contribution >= 4 is 18.2 Å². The van der Waals surface area contributed by atoms with Crippen LogP contribution in [-0.4, -0.2) is 36.3 Å². The van der Waals surface area contributed by atoms with Crippen molar-refractivity contribution in [3.05, 3.63) is 48.0 Å². The van der Waals surface area contributed by atoms with Crippen molar-refractivity contribution in [3.63, 3.8) is 0 Å². The smallest absolute Gasteiger partial charge is 0.414 e. The van der Waals surface area contributed by atoms with Crippen molar-refractivity contribution in [1.29, 1.82) is 5.26 Å². The summed E-state index contributed by atoms with van der Waals surface area (Å²) >= 11 is 0. The van der Waals surface area contributed by atoms with Crippen LogP contribution >= 0.6 is 0 Å². The molecule has 0 spiro atoms. The highest BCUT2D eigenvalue weighted by Gasteiger charge is 2.32. The summed E-state index contributed by atoms with van der Waals surface area (Å²) in [6.45, 7) is 0.424. The predicted molar refractivity (Wildman–Crippen MR) is 82.1 cm³/mol. The number of nitriles is 1. The number of nitrogens with zero attached hydrogens (tertiary/aromatic N) is 3. The molecule has 0 radical (unpaired) electrons. The van der Waals surface area contributed by atoms with Crippen LogP contribution < -0.4 is 10.2 Å². The zero-order chi connectivity index (χ0) is 17.1. The second-order valence-electron chi connectivity index (χ2n) is 5.20. The molecule has 2 aromatic rings. The minimum Gasteiger partial charge on any atom is -0.442 e. The Balaban J connectivity index is 1.81. The number of hydrogen-bond acceptors (Lipinski definition) is 4. The first-order valence-corrected chi connectivity index (χ1v) is 7.15. The van der Waals surface area contributed by atoms with Gasteiger partial charge in [-0.1, -0.05) is 0 Å². The standard InChI is InChI=1S/C16H13FN4O3/c17-14-5-12(21-9-13(7-19-10-22)24-16(21)23)1-2-15(14)20-4-3-11(6-18)8-20/h1-5,8,10,13H,7,9H2,(H,19,22). The molecule has 1 aliphatic heterocycles. The molecule has 1 saturated heterocycles. The third-order valence-electron chi connectivity index (χ3n) is 3.65. The number of anilines is 1. The largest absolute Gasteiger partial charge is 0.442 e. The summed E-state index contributed by atoms with van der Waals surface area (Å²) in [4.78, 5) is 23.5. The minimum absolute atomic E-state index is 0.201. The first-order valence-electron chi connectivity index (χ1n) is 7.15. The van der Waals surface area contributed by atoms with Gasteiger partial charge in [0.25, 0.3) is 0 Å². The summed E-state index contributed by atoms with van der Waals surface area (Å²) in [6.07, 6.45) is 2.56. The lowest BCUT2D eigenvalue weighted by atomic mass is 10.2. The number of aromatic nitrogens is 1. The molecule has 1 aromatic carbocycles. The molecule has 0 saturated carbocycles. The highest BCUT2D eigenvalue weighted by molar-refractivity contribution is 5.89. The molecule has 1 N–H and O–H groups in total. The molecular weight excluding hydrogens is 315 g/mol. The van der Waals surface area contributed by atoms with Gasteiger partial charge in [-0.15, -0.1) is 0 Å². The average Bonchev–Trinajstić information content (AvgIpc) is 3.19. The zero-order valence-corrected chi connectivity index (χ0v) is 12.5. The van der Waals surface area contributed by atoms with E-state index in [2.05, 4.69) is 5.32 Å². The van der Waals surface area contributed by atoms with E-state index < -0.39 is 18.0 Å². The number of ether oxygens (including phenoxy) is 1. The topological polar surface area (TPSA) is 87.4 Å². The lowest BCUT2D eigenvalue weighted by Crippen LogP contribution is -2.30. The normalized spacial score (nSPS) is 16.6. The molecule has 2 heterocycles. The summed E-state index contributed by atoms with van der Waals surface area (Å²) < 4.78 is 21.0. The lowest BCUT2D eigenvalue weighted by Gasteiger charge is -2.14. The van der Waals surface area contributed by atoms with Gasteiger partial charge in [0.15, 0.2) is 0 Å². The molecule has 3 rings (SSSR count). The fourth-order valence-corrected chi connectivity index (χ4v) is 2.50. The summed E-state index contributed by atoms with van der Waals surface area (Å²) in [7, 11) is 0. The molecule has 0 aliphatic carbocycles. The van der Waals surface area contributed by atoms with Gasteiger partial charge < -0.3 is 14.6 Å². The number of halogens is 1. The average molecular weight is 328 g/mol. The van der Waals surface area contributed by atoms with E-state index in [-0.39, 0.29) is 18.8 Å². The molecule has 1 atom stereocenters.